The number of carbonyl (C=O) groups excluding carboxylic acids is 1. The Labute approximate surface area is 133 Å². The highest BCUT2D eigenvalue weighted by Gasteiger charge is 2.19. The fourth-order valence-electron chi connectivity index (χ4n) is 2.30. The van der Waals surface area contributed by atoms with Gasteiger partial charge in [0.05, 0.1) is 6.07 Å². The summed E-state index contributed by atoms with van der Waals surface area (Å²) in [6.45, 7) is 2.03. The number of aryl methyl sites for hydroxylation is 2. The van der Waals surface area contributed by atoms with Crippen LogP contribution < -0.4 is 0 Å². The largest absolute Gasteiger partial charge is 0.298 e. The molecule has 0 amide bonds. The third kappa shape index (κ3) is 4.27. The van der Waals surface area contributed by atoms with Crippen molar-refractivity contribution >= 4 is 21.7 Å². The third-order valence-electron chi connectivity index (χ3n) is 3.38. The van der Waals surface area contributed by atoms with Crippen molar-refractivity contribution in [3.05, 3.63) is 69.7 Å². The zero-order valence-corrected chi connectivity index (χ0v) is 13.4. The molecule has 21 heavy (non-hydrogen) atoms. The normalized spacial score (nSPS) is 11.7. The lowest BCUT2D eigenvalue weighted by molar-refractivity contribution is -0.119. The Kier molecular flexibility index (Phi) is 5.30. The fourth-order valence-corrected chi connectivity index (χ4v) is 2.72. The van der Waals surface area contributed by atoms with Gasteiger partial charge in [0.2, 0.25) is 0 Å². The van der Waals surface area contributed by atoms with Gasteiger partial charge in [0.1, 0.15) is 5.92 Å². The number of rotatable bonds is 5. The van der Waals surface area contributed by atoms with Crippen molar-refractivity contribution in [2.24, 2.45) is 0 Å². The van der Waals surface area contributed by atoms with Crippen LogP contribution in [-0.4, -0.2) is 5.78 Å². The molecular formula is C18H16BrNO. The molecule has 1 unspecified atom stereocenters. The van der Waals surface area contributed by atoms with E-state index in [1.165, 1.54) is 5.56 Å². The van der Waals surface area contributed by atoms with Gasteiger partial charge < -0.3 is 0 Å². The number of halogens is 1. The maximum atomic E-state index is 12.3. The second-order valence-corrected chi connectivity index (χ2v) is 5.99. The van der Waals surface area contributed by atoms with Crippen molar-refractivity contribution in [2.45, 2.75) is 25.7 Å². The van der Waals surface area contributed by atoms with E-state index in [1.807, 2.05) is 49.4 Å². The monoisotopic (exact) mass is 341 g/mol. The maximum absolute atomic E-state index is 12.3. The minimum absolute atomic E-state index is 0.0305. The van der Waals surface area contributed by atoms with Gasteiger partial charge in [-0.25, -0.2) is 0 Å². The van der Waals surface area contributed by atoms with E-state index in [9.17, 15) is 10.1 Å². The van der Waals surface area contributed by atoms with Gasteiger partial charge in [-0.05, 0) is 36.6 Å². The Bertz CT molecular complexity index is 688. The summed E-state index contributed by atoms with van der Waals surface area (Å²) in [5, 5.41) is 9.30. The van der Waals surface area contributed by atoms with Crippen molar-refractivity contribution in [1.29, 1.82) is 5.26 Å². The molecule has 0 spiro atoms. The average Bonchev–Trinajstić information content (AvgIpc) is 2.46. The van der Waals surface area contributed by atoms with Crippen LogP contribution in [0.2, 0.25) is 0 Å². The van der Waals surface area contributed by atoms with Crippen molar-refractivity contribution in [2.75, 3.05) is 0 Å². The Hall–Kier alpha value is -1.92. The maximum Gasteiger partial charge on any atom is 0.154 e. The van der Waals surface area contributed by atoms with Crippen LogP contribution in [-0.2, 0) is 11.2 Å². The topological polar surface area (TPSA) is 40.9 Å². The van der Waals surface area contributed by atoms with E-state index in [-0.39, 0.29) is 5.78 Å². The summed E-state index contributed by atoms with van der Waals surface area (Å²) in [5.74, 6) is -0.718. The Balaban J connectivity index is 2.06. The summed E-state index contributed by atoms with van der Waals surface area (Å²) >= 11 is 3.37. The second kappa shape index (κ2) is 7.19. The number of ketones is 1. The Morgan fingerprint density at radius 1 is 1.24 bits per heavy atom. The molecule has 0 N–H and O–H groups in total. The van der Waals surface area contributed by atoms with E-state index in [2.05, 4.69) is 28.1 Å². The van der Waals surface area contributed by atoms with E-state index in [0.717, 1.165) is 15.6 Å². The van der Waals surface area contributed by atoms with E-state index in [4.69, 9.17) is 0 Å². The molecule has 1 atom stereocenters. The van der Waals surface area contributed by atoms with Gasteiger partial charge in [0.25, 0.3) is 0 Å². The molecule has 0 aliphatic carbocycles. The predicted octanol–water partition coefficient (Wildman–Crippen LogP) is 4.57. The highest BCUT2D eigenvalue weighted by molar-refractivity contribution is 9.10. The van der Waals surface area contributed by atoms with Crippen molar-refractivity contribution in [3.63, 3.8) is 0 Å². The summed E-state index contributed by atoms with van der Waals surface area (Å²) in [4.78, 5) is 12.3. The van der Waals surface area contributed by atoms with Crippen LogP contribution in [0, 0.1) is 18.3 Å². The molecule has 2 aromatic rings. The lowest BCUT2D eigenvalue weighted by Crippen LogP contribution is -2.11. The van der Waals surface area contributed by atoms with Gasteiger partial charge in [-0.1, -0.05) is 57.9 Å². The van der Waals surface area contributed by atoms with Gasteiger partial charge in [0.15, 0.2) is 5.78 Å². The van der Waals surface area contributed by atoms with Crippen LogP contribution >= 0.6 is 15.9 Å². The summed E-state index contributed by atoms with van der Waals surface area (Å²) in [6, 6.07) is 17.6. The fraction of sp³-hybridized carbons (Fsp3) is 0.222. The average molecular weight is 342 g/mol. The molecular weight excluding hydrogens is 326 g/mol. The molecule has 2 aromatic carbocycles. The number of nitriles is 1. The summed E-state index contributed by atoms with van der Waals surface area (Å²) in [5.41, 5.74) is 3.07. The zero-order valence-electron chi connectivity index (χ0n) is 11.8. The molecule has 0 saturated carbocycles. The number of nitrogens with zero attached hydrogens (tertiary/aromatic N) is 1. The van der Waals surface area contributed by atoms with Crippen LogP contribution in [0.3, 0.4) is 0 Å². The number of benzene rings is 2. The first-order valence-corrected chi connectivity index (χ1v) is 7.63. The summed E-state index contributed by atoms with van der Waals surface area (Å²) in [6.07, 6.45) is 1.06. The van der Waals surface area contributed by atoms with Gasteiger partial charge in [0, 0.05) is 10.9 Å². The lowest BCUT2D eigenvalue weighted by Gasteiger charge is -2.09. The SMILES string of the molecule is Cc1cccc(CCC(=O)C(C#N)c2cccc(Br)c2)c1. The molecule has 2 nitrogen and oxygen atoms in total. The van der Waals surface area contributed by atoms with Gasteiger partial charge >= 0.3 is 0 Å². The predicted molar refractivity (Wildman–Crippen MR) is 87.0 cm³/mol. The lowest BCUT2D eigenvalue weighted by atomic mass is 9.92. The van der Waals surface area contributed by atoms with Crippen LogP contribution in [0.4, 0.5) is 0 Å². The highest BCUT2D eigenvalue weighted by Crippen LogP contribution is 2.22. The number of hydrogen-bond acceptors (Lipinski definition) is 2. The highest BCUT2D eigenvalue weighted by atomic mass is 79.9. The molecule has 0 aromatic heterocycles. The standard InChI is InChI=1S/C18H16BrNO/c1-13-4-2-5-14(10-13)8-9-18(21)17(12-20)15-6-3-7-16(19)11-15/h2-7,10-11,17H,8-9H2,1H3. The van der Waals surface area contributed by atoms with E-state index in [0.29, 0.717) is 12.8 Å². The van der Waals surface area contributed by atoms with Crippen LogP contribution in [0.5, 0.6) is 0 Å². The summed E-state index contributed by atoms with van der Waals surface area (Å²) < 4.78 is 0.881. The molecule has 3 heteroatoms. The van der Waals surface area contributed by atoms with Crippen LogP contribution in [0.15, 0.2) is 53.0 Å². The third-order valence-corrected chi connectivity index (χ3v) is 3.87. The zero-order chi connectivity index (χ0) is 15.2. The van der Waals surface area contributed by atoms with Crippen LogP contribution in [0.25, 0.3) is 0 Å². The van der Waals surface area contributed by atoms with Gasteiger partial charge in [-0.3, -0.25) is 4.79 Å². The van der Waals surface area contributed by atoms with Crippen molar-refractivity contribution in [3.8, 4) is 6.07 Å². The van der Waals surface area contributed by atoms with E-state index in [1.54, 1.807) is 0 Å². The first kappa shape index (κ1) is 15.5. The van der Waals surface area contributed by atoms with Crippen molar-refractivity contribution in [1.82, 2.24) is 0 Å². The first-order chi connectivity index (χ1) is 10.1. The molecule has 0 aliphatic heterocycles. The molecule has 0 aliphatic rings. The molecule has 0 radical (unpaired) electrons. The molecule has 0 bridgehead atoms. The molecule has 2 rings (SSSR count). The number of Topliss-reactive ketones (excluding diaryl/α,β-unsaturated/α-hetero) is 1. The van der Waals surface area contributed by atoms with Crippen LogP contribution in [0.1, 0.15) is 29.0 Å². The minimum Gasteiger partial charge on any atom is -0.298 e. The Morgan fingerprint density at radius 2 is 2.00 bits per heavy atom. The number of carbonyl (C=O) groups is 1. The quantitative estimate of drug-likeness (QED) is 0.799. The summed E-state index contributed by atoms with van der Waals surface area (Å²) in [7, 11) is 0. The van der Waals surface area contributed by atoms with Gasteiger partial charge in [-0.15, -0.1) is 0 Å². The molecule has 0 saturated heterocycles. The van der Waals surface area contributed by atoms with Gasteiger partial charge in [-0.2, -0.15) is 5.26 Å². The first-order valence-electron chi connectivity index (χ1n) is 6.83. The minimum atomic E-state index is -0.688. The number of hydrogen-bond donors (Lipinski definition) is 0. The molecule has 0 heterocycles. The Morgan fingerprint density at radius 3 is 2.67 bits per heavy atom. The molecule has 106 valence electrons. The van der Waals surface area contributed by atoms with E-state index >= 15 is 0 Å². The second-order valence-electron chi connectivity index (χ2n) is 5.07. The smallest absolute Gasteiger partial charge is 0.154 e. The van der Waals surface area contributed by atoms with Crippen molar-refractivity contribution < 1.29 is 4.79 Å². The van der Waals surface area contributed by atoms with E-state index < -0.39 is 5.92 Å². The molecule has 0 fully saturated rings.